The summed E-state index contributed by atoms with van der Waals surface area (Å²) < 4.78 is 0. The van der Waals surface area contributed by atoms with E-state index in [2.05, 4.69) is 37.7 Å². The molecule has 2 nitrogen and oxygen atoms in total. The third-order valence-corrected chi connectivity index (χ3v) is 2.14. The van der Waals surface area contributed by atoms with Crippen molar-refractivity contribution in [2.45, 2.75) is 46.5 Å². The van der Waals surface area contributed by atoms with Crippen molar-refractivity contribution in [3.63, 3.8) is 0 Å². The Labute approximate surface area is 80.4 Å². The molecule has 0 aromatic carbocycles. The van der Waals surface area contributed by atoms with Crippen LogP contribution >= 0.6 is 0 Å². The van der Waals surface area contributed by atoms with Gasteiger partial charge in [-0.15, -0.1) is 0 Å². The van der Waals surface area contributed by atoms with Crippen molar-refractivity contribution in [1.29, 1.82) is 0 Å². The van der Waals surface area contributed by atoms with Crippen molar-refractivity contribution < 1.29 is 0 Å². The maximum absolute atomic E-state index is 4.48. The van der Waals surface area contributed by atoms with Crippen LogP contribution in [0.15, 0.2) is 6.20 Å². The first-order valence-corrected chi connectivity index (χ1v) is 4.97. The second-order valence-corrected chi connectivity index (χ2v) is 3.74. The van der Waals surface area contributed by atoms with Crippen molar-refractivity contribution in [3.05, 3.63) is 23.3 Å². The van der Waals surface area contributed by atoms with E-state index in [0.29, 0.717) is 5.92 Å². The lowest BCUT2D eigenvalue weighted by molar-refractivity contribution is 0.752. The Bertz CT molecular complexity index is 279. The molecular weight excluding hydrogens is 160 g/mol. The quantitative estimate of drug-likeness (QED) is 0.711. The van der Waals surface area contributed by atoms with Gasteiger partial charge >= 0.3 is 0 Å². The zero-order valence-electron chi connectivity index (χ0n) is 8.96. The summed E-state index contributed by atoms with van der Waals surface area (Å²) in [7, 11) is 0. The Morgan fingerprint density at radius 2 is 2.08 bits per heavy atom. The Kier molecular flexibility index (Phi) is 3.40. The van der Waals surface area contributed by atoms with Crippen LogP contribution in [0.2, 0.25) is 0 Å². The number of hydrogen-bond acceptors (Lipinski definition) is 2. The Balaban J connectivity index is 2.92. The molecule has 72 valence electrons. The third-order valence-electron chi connectivity index (χ3n) is 2.14. The van der Waals surface area contributed by atoms with Gasteiger partial charge in [0, 0.05) is 17.8 Å². The molecule has 0 atom stereocenters. The van der Waals surface area contributed by atoms with E-state index in [-0.39, 0.29) is 0 Å². The summed E-state index contributed by atoms with van der Waals surface area (Å²) in [6, 6.07) is 0. The average molecular weight is 178 g/mol. The topological polar surface area (TPSA) is 25.8 Å². The van der Waals surface area contributed by atoms with Crippen LogP contribution in [0, 0.1) is 6.92 Å². The summed E-state index contributed by atoms with van der Waals surface area (Å²) in [5.74, 6) is 1.38. The maximum Gasteiger partial charge on any atom is 0.131 e. The van der Waals surface area contributed by atoms with Crippen molar-refractivity contribution in [2.75, 3.05) is 0 Å². The number of rotatable bonds is 3. The SMILES string of the molecule is CCCc1cnc(C(C)C)nc1C. The molecule has 13 heavy (non-hydrogen) atoms. The normalized spacial score (nSPS) is 10.8. The molecule has 0 N–H and O–H groups in total. The zero-order chi connectivity index (χ0) is 9.84. The van der Waals surface area contributed by atoms with Gasteiger partial charge in [0.25, 0.3) is 0 Å². The highest BCUT2D eigenvalue weighted by Crippen LogP contribution is 2.12. The first-order chi connectivity index (χ1) is 6.15. The molecule has 0 bridgehead atoms. The molecule has 1 aromatic heterocycles. The van der Waals surface area contributed by atoms with Crippen LogP contribution < -0.4 is 0 Å². The molecule has 0 radical (unpaired) electrons. The first kappa shape index (κ1) is 10.2. The van der Waals surface area contributed by atoms with E-state index in [1.54, 1.807) is 0 Å². The molecule has 0 aliphatic rings. The van der Waals surface area contributed by atoms with E-state index < -0.39 is 0 Å². The van der Waals surface area contributed by atoms with Crippen LogP contribution in [0.4, 0.5) is 0 Å². The lowest BCUT2D eigenvalue weighted by atomic mass is 10.1. The van der Waals surface area contributed by atoms with Gasteiger partial charge in [0.05, 0.1) is 0 Å². The van der Waals surface area contributed by atoms with E-state index in [1.807, 2.05) is 6.20 Å². The standard InChI is InChI=1S/C11H18N2/c1-5-6-10-7-12-11(8(2)3)13-9(10)4/h7-8H,5-6H2,1-4H3. The third kappa shape index (κ3) is 2.51. The van der Waals surface area contributed by atoms with Gasteiger partial charge in [-0.25, -0.2) is 9.97 Å². The highest BCUT2D eigenvalue weighted by molar-refractivity contribution is 5.16. The van der Waals surface area contributed by atoms with Crippen LogP contribution in [-0.4, -0.2) is 9.97 Å². The summed E-state index contributed by atoms with van der Waals surface area (Å²) in [5.41, 5.74) is 2.42. The number of aryl methyl sites for hydroxylation is 2. The molecule has 2 heteroatoms. The van der Waals surface area contributed by atoms with Gasteiger partial charge in [-0.05, 0) is 18.9 Å². The monoisotopic (exact) mass is 178 g/mol. The van der Waals surface area contributed by atoms with E-state index in [0.717, 1.165) is 24.4 Å². The largest absolute Gasteiger partial charge is 0.241 e. The molecule has 0 unspecified atom stereocenters. The Morgan fingerprint density at radius 3 is 2.54 bits per heavy atom. The average Bonchev–Trinajstić information content (AvgIpc) is 2.08. The molecule has 0 spiro atoms. The minimum absolute atomic E-state index is 0.425. The summed E-state index contributed by atoms with van der Waals surface area (Å²) in [6.45, 7) is 8.48. The van der Waals surface area contributed by atoms with Crippen LogP contribution in [0.5, 0.6) is 0 Å². The van der Waals surface area contributed by atoms with Crippen molar-refractivity contribution in [2.24, 2.45) is 0 Å². The zero-order valence-corrected chi connectivity index (χ0v) is 8.96. The molecule has 1 rings (SSSR count). The van der Waals surface area contributed by atoms with Gasteiger partial charge in [0.1, 0.15) is 5.82 Å². The van der Waals surface area contributed by atoms with Gasteiger partial charge in [-0.3, -0.25) is 0 Å². The van der Waals surface area contributed by atoms with Crippen LogP contribution in [0.3, 0.4) is 0 Å². The van der Waals surface area contributed by atoms with Gasteiger partial charge in [0.2, 0.25) is 0 Å². The van der Waals surface area contributed by atoms with Gasteiger partial charge in [-0.1, -0.05) is 27.2 Å². The van der Waals surface area contributed by atoms with Crippen molar-refractivity contribution >= 4 is 0 Å². The lowest BCUT2D eigenvalue weighted by Crippen LogP contribution is -2.02. The summed E-state index contributed by atoms with van der Waals surface area (Å²) >= 11 is 0. The molecule has 0 fully saturated rings. The molecule has 0 amide bonds. The van der Waals surface area contributed by atoms with E-state index in [1.165, 1.54) is 5.56 Å². The Hall–Kier alpha value is -0.920. The second-order valence-electron chi connectivity index (χ2n) is 3.74. The predicted molar refractivity (Wildman–Crippen MR) is 54.9 cm³/mol. The predicted octanol–water partition coefficient (Wildman–Crippen LogP) is 2.86. The molecule has 0 saturated carbocycles. The molecule has 1 heterocycles. The van der Waals surface area contributed by atoms with Crippen molar-refractivity contribution in [1.82, 2.24) is 9.97 Å². The second kappa shape index (κ2) is 4.35. The van der Waals surface area contributed by atoms with Crippen LogP contribution in [-0.2, 0) is 6.42 Å². The van der Waals surface area contributed by atoms with Crippen LogP contribution in [0.1, 0.15) is 50.2 Å². The molecule has 1 aromatic rings. The number of hydrogen-bond donors (Lipinski definition) is 0. The highest BCUT2D eigenvalue weighted by Gasteiger charge is 2.05. The maximum atomic E-state index is 4.48. The summed E-state index contributed by atoms with van der Waals surface area (Å²) in [5, 5.41) is 0. The molecule has 0 saturated heterocycles. The summed E-state index contributed by atoms with van der Waals surface area (Å²) in [6.07, 6.45) is 4.22. The van der Waals surface area contributed by atoms with E-state index in [9.17, 15) is 0 Å². The van der Waals surface area contributed by atoms with E-state index >= 15 is 0 Å². The highest BCUT2D eigenvalue weighted by atomic mass is 14.9. The molecular formula is C11H18N2. The minimum atomic E-state index is 0.425. The van der Waals surface area contributed by atoms with Gasteiger partial charge < -0.3 is 0 Å². The van der Waals surface area contributed by atoms with Gasteiger partial charge in [-0.2, -0.15) is 0 Å². The summed E-state index contributed by atoms with van der Waals surface area (Å²) in [4.78, 5) is 8.83. The Morgan fingerprint density at radius 1 is 1.38 bits per heavy atom. The minimum Gasteiger partial charge on any atom is -0.241 e. The fraction of sp³-hybridized carbons (Fsp3) is 0.636. The number of nitrogens with zero attached hydrogens (tertiary/aromatic N) is 2. The smallest absolute Gasteiger partial charge is 0.131 e. The van der Waals surface area contributed by atoms with Crippen molar-refractivity contribution in [3.8, 4) is 0 Å². The fourth-order valence-electron chi connectivity index (χ4n) is 1.30. The fourth-order valence-corrected chi connectivity index (χ4v) is 1.30. The van der Waals surface area contributed by atoms with E-state index in [4.69, 9.17) is 0 Å². The molecule has 0 aliphatic heterocycles. The number of aromatic nitrogens is 2. The first-order valence-electron chi connectivity index (χ1n) is 4.97. The molecule has 0 aliphatic carbocycles. The van der Waals surface area contributed by atoms with Crippen LogP contribution in [0.25, 0.3) is 0 Å². The van der Waals surface area contributed by atoms with Gasteiger partial charge in [0.15, 0.2) is 0 Å². The lowest BCUT2D eigenvalue weighted by Gasteiger charge is -2.07.